The molecule has 0 fully saturated rings. The zero-order valence-corrected chi connectivity index (χ0v) is 23.9. The maximum Gasteiger partial charge on any atom is 0.412 e. The summed E-state index contributed by atoms with van der Waals surface area (Å²) in [6.07, 6.45) is -1.04. The first-order valence-electron chi connectivity index (χ1n) is 12.8. The minimum Gasteiger partial charge on any atom is -0.444 e. The second-order valence-corrected chi connectivity index (χ2v) is 10.9. The molecule has 214 valence electrons. The molecule has 0 saturated heterocycles. The van der Waals surface area contributed by atoms with Crippen molar-refractivity contribution in [2.45, 2.75) is 59.3 Å². The molecule has 0 aliphatic heterocycles. The fraction of sp³-hybridized carbons (Fsp3) is 0.464. The van der Waals surface area contributed by atoms with Crippen LogP contribution >= 0.6 is 0 Å². The lowest BCUT2D eigenvalue weighted by molar-refractivity contribution is 0.0624. The number of ether oxygens (including phenoxy) is 2. The number of carbonyl (C=O) groups excluding carboxylic acids is 3. The Labute approximate surface area is 231 Å². The Kier molecular flexibility index (Phi) is 11.7. The van der Waals surface area contributed by atoms with Crippen molar-refractivity contribution in [2.24, 2.45) is 0 Å². The van der Waals surface area contributed by atoms with E-state index in [0.29, 0.717) is 43.2 Å². The van der Waals surface area contributed by atoms with Crippen molar-refractivity contribution in [1.29, 1.82) is 0 Å². The molecular weight excluding hydrogens is 500 g/mol. The molecule has 11 heteroatoms. The monoisotopic (exact) mass is 542 g/mol. The maximum absolute atomic E-state index is 12.5. The smallest absolute Gasteiger partial charge is 0.412 e. The van der Waals surface area contributed by atoms with Crippen LogP contribution in [0.2, 0.25) is 0 Å². The summed E-state index contributed by atoms with van der Waals surface area (Å²) in [4.78, 5) is 36.2. The molecule has 3 amide bonds. The second kappa shape index (κ2) is 14.5. The maximum atomic E-state index is 12.5. The Balaban J connectivity index is 1.70. The van der Waals surface area contributed by atoms with Gasteiger partial charge in [0, 0.05) is 36.6 Å². The van der Waals surface area contributed by atoms with Gasteiger partial charge in [0.2, 0.25) is 0 Å². The van der Waals surface area contributed by atoms with Gasteiger partial charge in [-0.1, -0.05) is 12.1 Å². The van der Waals surface area contributed by atoms with E-state index < -0.39 is 23.4 Å². The number of nitrogens with one attached hydrogen (secondary N) is 5. The average molecular weight is 543 g/mol. The second-order valence-electron chi connectivity index (χ2n) is 10.9. The van der Waals surface area contributed by atoms with Gasteiger partial charge in [-0.2, -0.15) is 0 Å². The SMILES string of the molecule is CNN(CCNC(=O)c1ccc(NC(=O)OC(C)(C)C)cc1)CNCc1ccc(NC(=O)OC(C)(C)C)cc1. The number of rotatable bonds is 11. The Morgan fingerprint density at radius 1 is 0.769 bits per heavy atom. The number of hydrazine groups is 1. The van der Waals surface area contributed by atoms with E-state index in [4.69, 9.17) is 9.47 Å². The van der Waals surface area contributed by atoms with Crippen molar-refractivity contribution in [3.8, 4) is 0 Å². The highest BCUT2D eigenvalue weighted by atomic mass is 16.6. The predicted octanol–water partition coefficient (Wildman–Crippen LogP) is 4.29. The molecule has 0 unspecified atom stereocenters. The third-order valence-corrected chi connectivity index (χ3v) is 5.01. The molecule has 0 bridgehead atoms. The van der Waals surface area contributed by atoms with Crippen LogP contribution in [0.3, 0.4) is 0 Å². The zero-order chi connectivity index (χ0) is 29.1. The van der Waals surface area contributed by atoms with Crippen LogP contribution < -0.4 is 26.7 Å². The minimum atomic E-state index is -0.589. The number of amides is 3. The fourth-order valence-electron chi connectivity index (χ4n) is 3.27. The summed E-state index contributed by atoms with van der Waals surface area (Å²) >= 11 is 0. The summed E-state index contributed by atoms with van der Waals surface area (Å²) in [5.74, 6) is -0.206. The molecule has 0 aromatic heterocycles. The minimum absolute atomic E-state index is 0.206. The van der Waals surface area contributed by atoms with E-state index in [1.165, 1.54) is 0 Å². The highest BCUT2D eigenvalue weighted by Gasteiger charge is 2.17. The van der Waals surface area contributed by atoms with Gasteiger partial charge < -0.3 is 14.8 Å². The predicted molar refractivity (Wildman–Crippen MR) is 152 cm³/mol. The number of benzene rings is 2. The van der Waals surface area contributed by atoms with Crippen LogP contribution in [-0.4, -0.2) is 61.1 Å². The molecule has 5 N–H and O–H groups in total. The Bertz CT molecular complexity index is 1080. The van der Waals surface area contributed by atoms with Crippen LogP contribution in [0.1, 0.15) is 57.5 Å². The highest BCUT2D eigenvalue weighted by Crippen LogP contribution is 2.14. The molecular formula is C28H42N6O5. The van der Waals surface area contributed by atoms with Crippen molar-refractivity contribution in [3.63, 3.8) is 0 Å². The average Bonchev–Trinajstić information content (AvgIpc) is 2.82. The standard InChI is InChI=1S/C28H42N6O5/c1-27(2,3)38-25(36)32-22-12-8-20(9-13-22)18-30-19-34(29-7)17-16-31-24(35)21-10-14-23(15-11-21)33-26(37)39-28(4,5)6/h8-15,29-30H,16-19H2,1-7H3,(H,31,35)(H,32,36)(H,33,37). The van der Waals surface area contributed by atoms with Crippen LogP contribution in [-0.2, 0) is 16.0 Å². The third-order valence-electron chi connectivity index (χ3n) is 5.01. The van der Waals surface area contributed by atoms with E-state index >= 15 is 0 Å². The third kappa shape index (κ3) is 13.1. The van der Waals surface area contributed by atoms with E-state index in [2.05, 4.69) is 26.7 Å². The first-order chi connectivity index (χ1) is 18.2. The molecule has 11 nitrogen and oxygen atoms in total. The summed E-state index contributed by atoms with van der Waals surface area (Å²) in [6, 6.07) is 14.1. The lowest BCUT2D eigenvalue weighted by Gasteiger charge is -2.22. The number of anilines is 2. The summed E-state index contributed by atoms with van der Waals surface area (Å²) < 4.78 is 10.5. The van der Waals surface area contributed by atoms with Gasteiger partial charge in [0.15, 0.2) is 0 Å². The lowest BCUT2D eigenvalue weighted by Crippen LogP contribution is -2.45. The summed E-state index contributed by atoms with van der Waals surface area (Å²) in [5, 5.41) is 13.5. The van der Waals surface area contributed by atoms with Crippen LogP contribution in [0.15, 0.2) is 48.5 Å². The van der Waals surface area contributed by atoms with Crippen LogP contribution in [0.4, 0.5) is 21.0 Å². The lowest BCUT2D eigenvalue weighted by atomic mass is 10.2. The molecule has 2 rings (SSSR count). The molecule has 0 aliphatic carbocycles. The topological polar surface area (TPSA) is 133 Å². The van der Waals surface area contributed by atoms with Crippen molar-refractivity contribution in [2.75, 3.05) is 37.4 Å². The van der Waals surface area contributed by atoms with E-state index in [9.17, 15) is 14.4 Å². The molecule has 0 heterocycles. The van der Waals surface area contributed by atoms with E-state index in [1.807, 2.05) is 57.1 Å². The van der Waals surface area contributed by atoms with Crippen molar-refractivity contribution in [3.05, 3.63) is 59.7 Å². The largest absolute Gasteiger partial charge is 0.444 e. The molecule has 0 spiro atoms. The van der Waals surface area contributed by atoms with E-state index in [-0.39, 0.29) is 5.91 Å². The normalized spacial score (nSPS) is 11.6. The fourth-order valence-corrected chi connectivity index (χ4v) is 3.27. The van der Waals surface area contributed by atoms with Crippen LogP contribution in [0, 0.1) is 0 Å². The van der Waals surface area contributed by atoms with Crippen molar-refractivity contribution < 1.29 is 23.9 Å². The van der Waals surface area contributed by atoms with Crippen LogP contribution in [0.5, 0.6) is 0 Å². The molecule has 2 aromatic carbocycles. The Hall–Kier alpha value is -3.67. The van der Waals surface area contributed by atoms with Gasteiger partial charge in [-0.15, -0.1) is 0 Å². The molecule has 0 radical (unpaired) electrons. The number of hydrogen-bond donors (Lipinski definition) is 5. The summed E-state index contributed by atoms with van der Waals surface area (Å²) in [6.45, 7) is 13.0. The highest BCUT2D eigenvalue weighted by molar-refractivity contribution is 5.95. The quantitative estimate of drug-likeness (QED) is 0.210. The summed E-state index contributed by atoms with van der Waals surface area (Å²) in [7, 11) is 1.82. The first-order valence-corrected chi connectivity index (χ1v) is 12.8. The van der Waals surface area contributed by atoms with Crippen molar-refractivity contribution >= 4 is 29.5 Å². The van der Waals surface area contributed by atoms with E-state index in [0.717, 1.165) is 5.56 Å². The Morgan fingerprint density at radius 3 is 1.72 bits per heavy atom. The molecule has 0 saturated carbocycles. The zero-order valence-electron chi connectivity index (χ0n) is 23.9. The molecule has 0 aliphatic rings. The van der Waals surface area contributed by atoms with Gasteiger partial charge in [-0.05, 0) is 90.6 Å². The first kappa shape index (κ1) is 31.5. The van der Waals surface area contributed by atoms with E-state index in [1.54, 1.807) is 45.0 Å². The van der Waals surface area contributed by atoms with Crippen LogP contribution in [0.25, 0.3) is 0 Å². The Morgan fingerprint density at radius 2 is 1.26 bits per heavy atom. The number of nitrogens with zero attached hydrogens (tertiary/aromatic N) is 1. The molecule has 2 aromatic rings. The van der Waals surface area contributed by atoms with Gasteiger partial charge in [-0.25, -0.2) is 14.6 Å². The van der Waals surface area contributed by atoms with Crippen molar-refractivity contribution in [1.82, 2.24) is 21.1 Å². The number of carbonyl (C=O) groups is 3. The van der Waals surface area contributed by atoms with Gasteiger partial charge in [0.1, 0.15) is 11.2 Å². The van der Waals surface area contributed by atoms with Gasteiger partial charge in [0.25, 0.3) is 5.91 Å². The van der Waals surface area contributed by atoms with Gasteiger partial charge >= 0.3 is 12.2 Å². The summed E-state index contributed by atoms with van der Waals surface area (Å²) in [5.41, 5.74) is 4.71. The molecule has 39 heavy (non-hydrogen) atoms. The van der Waals surface area contributed by atoms with Gasteiger partial charge in [0.05, 0.1) is 6.67 Å². The molecule has 0 atom stereocenters. The van der Waals surface area contributed by atoms with Gasteiger partial charge in [-0.3, -0.25) is 26.2 Å². The number of hydrogen-bond acceptors (Lipinski definition) is 8.